The van der Waals surface area contributed by atoms with Crippen LogP contribution in [0.5, 0.6) is 5.75 Å². The Hall–Kier alpha value is -3.14. The monoisotopic (exact) mass is 484 g/mol. The van der Waals surface area contributed by atoms with Crippen LogP contribution in [0.2, 0.25) is 5.02 Å². The molecule has 1 aliphatic rings. The molecule has 0 atom stereocenters. The van der Waals surface area contributed by atoms with E-state index in [1.807, 2.05) is 31.2 Å². The van der Waals surface area contributed by atoms with Gasteiger partial charge in [0.15, 0.2) is 16.9 Å². The molecule has 1 fully saturated rings. The first-order chi connectivity index (χ1) is 15.4. The van der Waals surface area contributed by atoms with Gasteiger partial charge in [0.1, 0.15) is 5.75 Å². The van der Waals surface area contributed by atoms with Crippen molar-refractivity contribution >= 4 is 68.6 Å². The Morgan fingerprint density at radius 2 is 2.06 bits per heavy atom. The van der Waals surface area contributed by atoms with E-state index in [4.69, 9.17) is 21.7 Å². The molecule has 162 valence electrons. The minimum atomic E-state index is -0.349. The molecular weight excluding hydrogens is 468 g/mol. The van der Waals surface area contributed by atoms with E-state index in [-0.39, 0.29) is 23.6 Å². The molecule has 2 amide bonds. The summed E-state index contributed by atoms with van der Waals surface area (Å²) in [6, 6.07) is 12.4. The quantitative estimate of drug-likeness (QED) is 0.470. The Morgan fingerprint density at radius 1 is 1.28 bits per heavy atom. The molecule has 0 radical (unpaired) electrons. The van der Waals surface area contributed by atoms with E-state index >= 15 is 0 Å². The third-order valence-corrected chi connectivity index (χ3v) is 6.27. The second kappa shape index (κ2) is 9.56. The van der Waals surface area contributed by atoms with Gasteiger partial charge in [0.25, 0.3) is 11.8 Å². The van der Waals surface area contributed by atoms with Crippen molar-refractivity contribution in [1.29, 1.82) is 5.41 Å². The van der Waals surface area contributed by atoms with Crippen LogP contribution in [-0.2, 0) is 9.59 Å². The predicted octanol–water partition coefficient (Wildman–Crippen LogP) is 5.18. The van der Waals surface area contributed by atoms with Crippen molar-refractivity contribution in [3.05, 3.63) is 75.1 Å². The molecule has 2 aromatic carbocycles. The highest BCUT2D eigenvalue weighted by Crippen LogP contribution is 2.37. The number of nitrogens with one attached hydrogen (secondary N) is 2. The zero-order valence-corrected chi connectivity index (χ0v) is 19.2. The van der Waals surface area contributed by atoms with Crippen molar-refractivity contribution in [2.45, 2.75) is 6.92 Å². The molecule has 7 nitrogen and oxygen atoms in total. The second-order valence-corrected chi connectivity index (χ2v) is 9.10. The van der Waals surface area contributed by atoms with Gasteiger partial charge in [-0.3, -0.25) is 15.0 Å². The number of carbonyl (C=O) groups excluding carboxylic acids is 2. The van der Waals surface area contributed by atoms with Crippen LogP contribution < -0.4 is 15.0 Å². The molecule has 0 spiro atoms. The number of hydrogen-bond donors (Lipinski definition) is 2. The van der Waals surface area contributed by atoms with E-state index in [1.54, 1.807) is 35.9 Å². The van der Waals surface area contributed by atoms with Crippen molar-refractivity contribution < 1.29 is 14.3 Å². The molecule has 0 unspecified atom stereocenters. The number of rotatable bonds is 6. The lowest BCUT2D eigenvalue weighted by atomic mass is 10.2. The number of amidine groups is 1. The van der Waals surface area contributed by atoms with Crippen LogP contribution in [0.4, 0.5) is 10.8 Å². The number of thioether (sulfide) groups is 1. The van der Waals surface area contributed by atoms with Gasteiger partial charge >= 0.3 is 0 Å². The number of carbonyl (C=O) groups is 2. The summed E-state index contributed by atoms with van der Waals surface area (Å²) in [5, 5.41) is 13.6. The fourth-order valence-corrected chi connectivity index (χ4v) is 4.59. The SMILES string of the molecule is Cc1ccc(NC(=O)COc2ccc(Cl)cc2/C=C2\SC(=N)N(c3nccs3)C2=O)cc1. The Kier molecular flexibility index (Phi) is 6.59. The molecule has 0 aliphatic carbocycles. The number of amides is 2. The van der Waals surface area contributed by atoms with Crippen LogP contribution >= 0.6 is 34.7 Å². The number of aromatic nitrogens is 1. The number of aryl methyl sites for hydroxylation is 1. The van der Waals surface area contributed by atoms with Gasteiger partial charge in [-0.2, -0.15) is 0 Å². The Balaban J connectivity index is 1.50. The van der Waals surface area contributed by atoms with Crippen LogP contribution in [0.15, 0.2) is 58.9 Å². The lowest BCUT2D eigenvalue weighted by Crippen LogP contribution is -2.27. The maximum absolute atomic E-state index is 12.8. The minimum Gasteiger partial charge on any atom is -0.483 e. The number of benzene rings is 2. The number of nitrogens with zero attached hydrogens (tertiary/aromatic N) is 2. The van der Waals surface area contributed by atoms with Gasteiger partial charge in [-0.05, 0) is 55.1 Å². The zero-order chi connectivity index (χ0) is 22.7. The molecule has 0 saturated carbocycles. The van der Waals surface area contributed by atoms with Gasteiger partial charge in [0, 0.05) is 27.9 Å². The highest BCUT2D eigenvalue weighted by Gasteiger charge is 2.35. The number of thiazole rings is 1. The summed E-state index contributed by atoms with van der Waals surface area (Å²) in [6.45, 7) is 1.75. The van der Waals surface area contributed by atoms with E-state index in [2.05, 4.69) is 10.3 Å². The first-order valence-electron chi connectivity index (χ1n) is 9.41. The molecule has 1 aromatic heterocycles. The van der Waals surface area contributed by atoms with E-state index < -0.39 is 0 Å². The fourth-order valence-electron chi connectivity index (χ4n) is 2.87. The summed E-state index contributed by atoms with van der Waals surface area (Å²) >= 11 is 8.45. The molecule has 2 N–H and O–H groups in total. The van der Waals surface area contributed by atoms with Gasteiger partial charge in [-0.1, -0.05) is 29.3 Å². The van der Waals surface area contributed by atoms with Crippen LogP contribution in [0, 0.1) is 12.3 Å². The average molecular weight is 485 g/mol. The van der Waals surface area contributed by atoms with Gasteiger partial charge in [-0.25, -0.2) is 9.88 Å². The lowest BCUT2D eigenvalue weighted by molar-refractivity contribution is -0.118. The fraction of sp³-hybridized carbons (Fsp3) is 0.0909. The van der Waals surface area contributed by atoms with Gasteiger partial charge in [0.2, 0.25) is 0 Å². The summed E-state index contributed by atoms with van der Waals surface area (Å²) in [4.78, 5) is 30.8. The Morgan fingerprint density at radius 3 is 2.78 bits per heavy atom. The summed E-state index contributed by atoms with van der Waals surface area (Å²) < 4.78 is 5.71. The Labute approximate surface area is 197 Å². The van der Waals surface area contributed by atoms with Crippen LogP contribution in [0.1, 0.15) is 11.1 Å². The first kappa shape index (κ1) is 22.1. The first-order valence-corrected chi connectivity index (χ1v) is 11.5. The van der Waals surface area contributed by atoms with Crippen molar-refractivity contribution in [2.24, 2.45) is 0 Å². The standard InChI is InChI=1S/C22H17ClN4O3S2/c1-13-2-5-16(6-3-13)26-19(28)12-30-17-7-4-15(23)10-14(17)11-18-20(29)27(21(24)32-18)22-25-8-9-31-22/h2-11,24H,12H2,1H3,(H,26,28)/b18-11-,24-21?. The van der Waals surface area contributed by atoms with Crippen LogP contribution in [-0.4, -0.2) is 28.6 Å². The summed E-state index contributed by atoms with van der Waals surface area (Å²) in [5.41, 5.74) is 2.31. The average Bonchev–Trinajstić information content (AvgIpc) is 3.37. The molecule has 2 heterocycles. The van der Waals surface area contributed by atoms with Gasteiger partial charge < -0.3 is 10.1 Å². The lowest BCUT2D eigenvalue weighted by Gasteiger charge is -2.11. The largest absolute Gasteiger partial charge is 0.483 e. The van der Waals surface area contributed by atoms with Crippen molar-refractivity contribution in [3.63, 3.8) is 0 Å². The molecule has 0 bridgehead atoms. The second-order valence-electron chi connectivity index (χ2n) is 6.76. The molecule has 1 aliphatic heterocycles. The van der Waals surface area contributed by atoms with E-state index in [9.17, 15) is 9.59 Å². The molecule has 32 heavy (non-hydrogen) atoms. The molecule has 1 saturated heterocycles. The predicted molar refractivity (Wildman–Crippen MR) is 130 cm³/mol. The smallest absolute Gasteiger partial charge is 0.273 e. The topological polar surface area (TPSA) is 95.4 Å². The molecule has 3 aromatic rings. The third-order valence-electron chi connectivity index (χ3n) is 4.39. The number of anilines is 2. The van der Waals surface area contributed by atoms with E-state index in [0.29, 0.717) is 32.1 Å². The summed E-state index contributed by atoms with van der Waals surface area (Å²) in [7, 11) is 0. The highest BCUT2D eigenvalue weighted by atomic mass is 35.5. The summed E-state index contributed by atoms with van der Waals surface area (Å²) in [6.07, 6.45) is 3.19. The maximum atomic E-state index is 12.8. The number of halogens is 1. The molecular formula is C22H17ClN4O3S2. The van der Waals surface area contributed by atoms with Crippen LogP contribution in [0.3, 0.4) is 0 Å². The zero-order valence-electron chi connectivity index (χ0n) is 16.8. The van der Waals surface area contributed by atoms with Crippen LogP contribution in [0.25, 0.3) is 6.08 Å². The minimum absolute atomic E-state index is 0.0678. The summed E-state index contributed by atoms with van der Waals surface area (Å²) in [5.74, 6) is -0.267. The number of hydrogen-bond acceptors (Lipinski definition) is 7. The van der Waals surface area contributed by atoms with E-state index in [0.717, 1.165) is 17.3 Å². The van der Waals surface area contributed by atoms with Gasteiger partial charge in [0.05, 0.1) is 4.91 Å². The molecule has 4 rings (SSSR count). The van der Waals surface area contributed by atoms with E-state index in [1.165, 1.54) is 16.2 Å². The third kappa shape index (κ3) is 5.01. The molecule has 10 heteroatoms. The van der Waals surface area contributed by atoms with Crippen molar-refractivity contribution in [2.75, 3.05) is 16.8 Å². The normalized spacial score (nSPS) is 14.8. The highest BCUT2D eigenvalue weighted by molar-refractivity contribution is 8.19. The Bertz CT molecular complexity index is 1210. The maximum Gasteiger partial charge on any atom is 0.273 e. The number of ether oxygens (including phenoxy) is 1. The van der Waals surface area contributed by atoms with Crippen molar-refractivity contribution in [3.8, 4) is 5.75 Å². The van der Waals surface area contributed by atoms with Crippen molar-refractivity contribution in [1.82, 2.24) is 4.98 Å². The van der Waals surface area contributed by atoms with Gasteiger partial charge in [-0.15, -0.1) is 11.3 Å².